The molecule has 0 N–H and O–H groups in total. The van der Waals surface area contributed by atoms with Crippen molar-refractivity contribution in [1.29, 1.82) is 0 Å². The molecular weight excluding hydrogens is 948 g/mol. The summed E-state index contributed by atoms with van der Waals surface area (Å²) in [6, 6.07) is 0. The number of aromatic nitrogens is 4. The number of aryl methyl sites for hydroxylation is 4. The maximum absolute atomic E-state index is 4.23. The van der Waals surface area contributed by atoms with Crippen LogP contribution in [0.1, 0.15) is 251 Å². The number of halogens is 3. The van der Waals surface area contributed by atoms with E-state index >= 15 is 0 Å². The lowest BCUT2D eigenvalue weighted by Gasteiger charge is -2.33. The fourth-order valence-corrected chi connectivity index (χ4v) is 9.55. The van der Waals surface area contributed by atoms with Crippen molar-refractivity contribution in [3.63, 3.8) is 0 Å². The first-order valence-corrected chi connectivity index (χ1v) is 25.8. The third-order valence-electron chi connectivity index (χ3n) is 13.4. The highest BCUT2D eigenvalue weighted by Gasteiger charge is 2.33. The Bertz CT molecular complexity index is 1180. The zero-order valence-electron chi connectivity index (χ0n) is 40.7. The molecule has 5 rings (SSSR count). The van der Waals surface area contributed by atoms with E-state index in [1.807, 2.05) is 12.4 Å². The van der Waals surface area contributed by atoms with Crippen LogP contribution in [0.2, 0.25) is 0 Å². The van der Waals surface area contributed by atoms with Crippen LogP contribution < -0.4 is 0 Å². The van der Waals surface area contributed by atoms with Gasteiger partial charge in [-0.2, -0.15) is 0 Å². The maximum atomic E-state index is 4.23. The zero-order chi connectivity index (χ0) is 41.3. The third kappa shape index (κ3) is 26.7. The van der Waals surface area contributed by atoms with Crippen LogP contribution in [0, 0.1) is 13.8 Å². The minimum absolute atomic E-state index is 0. The lowest BCUT2D eigenvalue weighted by atomic mass is 10.0. The second-order valence-corrected chi connectivity index (χ2v) is 18.4. The highest BCUT2D eigenvalue weighted by molar-refractivity contribution is 8.93. The number of hydrogen-bond acceptors (Lipinski definition) is 4. The molecule has 0 saturated carbocycles. The first-order valence-electron chi connectivity index (χ1n) is 25.8. The van der Waals surface area contributed by atoms with E-state index in [0.717, 1.165) is 24.7 Å². The normalized spacial score (nSPS) is 16.9. The van der Waals surface area contributed by atoms with Gasteiger partial charge in [-0.05, 0) is 72.1 Å². The fourth-order valence-electron chi connectivity index (χ4n) is 9.55. The van der Waals surface area contributed by atoms with Crippen molar-refractivity contribution in [2.45, 2.75) is 272 Å². The molecule has 1 saturated heterocycles. The van der Waals surface area contributed by atoms with E-state index in [1.54, 1.807) is 11.4 Å². The Hall–Kier alpha value is -0.800. The van der Waals surface area contributed by atoms with Crippen molar-refractivity contribution < 1.29 is 0 Å². The minimum Gasteiger partial charge on any atom is -0.353 e. The Morgan fingerprint density at radius 3 is 1.03 bits per heavy atom. The van der Waals surface area contributed by atoms with E-state index in [-0.39, 0.29) is 50.9 Å². The van der Waals surface area contributed by atoms with Gasteiger partial charge < -0.3 is 18.9 Å². The topological polar surface area (TPSA) is 42.1 Å². The molecule has 358 valence electrons. The van der Waals surface area contributed by atoms with Gasteiger partial charge >= 0.3 is 0 Å². The summed E-state index contributed by atoms with van der Waals surface area (Å²) in [5, 5.41) is 0. The molecule has 4 heterocycles. The molecule has 0 amide bonds. The monoisotopic (exact) mass is 1040 g/mol. The molecule has 9 heteroatoms. The molecule has 0 atom stereocenters. The zero-order valence-corrected chi connectivity index (χ0v) is 45.8. The van der Waals surface area contributed by atoms with E-state index in [4.69, 9.17) is 0 Å². The number of allylic oxidation sites excluding steroid dienone is 2. The van der Waals surface area contributed by atoms with Gasteiger partial charge in [-0.3, -0.25) is 0 Å². The summed E-state index contributed by atoms with van der Waals surface area (Å²) in [6.07, 6.45) is 56.5. The van der Waals surface area contributed by atoms with Gasteiger partial charge in [0.05, 0.1) is 6.17 Å². The molecule has 0 aromatic carbocycles. The summed E-state index contributed by atoms with van der Waals surface area (Å²) < 4.78 is 4.49. The summed E-state index contributed by atoms with van der Waals surface area (Å²) in [5.41, 5.74) is 3.52. The lowest BCUT2D eigenvalue weighted by Crippen LogP contribution is -2.39. The van der Waals surface area contributed by atoms with E-state index in [9.17, 15) is 0 Å². The first kappa shape index (κ1) is 60.2. The number of imidazole rings is 2. The minimum atomic E-state index is 0. The smallest absolute Gasteiger partial charge is 0.105 e. The molecule has 1 fully saturated rings. The van der Waals surface area contributed by atoms with E-state index in [0.29, 0.717) is 6.17 Å². The molecule has 6 nitrogen and oxygen atoms in total. The molecule has 0 spiro atoms. The summed E-state index contributed by atoms with van der Waals surface area (Å²) in [4.78, 5) is 14.1. The van der Waals surface area contributed by atoms with Crippen molar-refractivity contribution in [3.05, 3.63) is 47.8 Å². The maximum Gasteiger partial charge on any atom is 0.105 e. The largest absolute Gasteiger partial charge is 0.353 e. The van der Waals surface area contributed by atoms with Gasteiger partial charge in [0, 0.05) is 62.4 Å². The van der Waals surface area contributed by atoms with Crippen LogP contribution in [0.5, 0.6) is 0 Å². The third-order valence-corrected chi connectivity index (χ3v) is 13.4. The highest BCUT2D eigenvalue weighted by Crippen LogP contribution is 2.37. The second-order valence-electron chi connectivity index (χ2n) is 18.4. The SMILES string of the molecule is Br.Br.Br.CC1N2CCCCCCCCCCN1C1=C2CCCCCCCCCC1.CCCCCCCCCCn1ccnc1C.CCCCCCCCCCn1ccnc1C. The molecule has 2 aliphatic heterocycles. The Labute approximate surface area is 410 Å². The number of rotatable bonds is 18. The van der Waals surface area contributed by atoms with Gasteiger partial charge in [-0.1, -0.05) is 181 Å². The van der Waals surface area contributed by atoms with Crippen LogP contribution in [-0.2, 0) is 13.1 Å². The number of fused-ring (bicyclic) bond motifs is 4. The Balaban J connectivity index is 0.000000907. The van der Waals surface area contributed by atoms with Crippen molar-refractivity contribution in [2.75, 3.05) is 13.1 Å². The fraction of sp³-hybridized carbons (Fsp3) is 0.846. The average molecular weight is 1050 g/mol. The number of hydrogen-bond donors (Lipinski definition) is 0. The molecule has 2 bridgehead atoms. The number of nitrogens with zero attached hydrogens (tertiary/aromatic N) is 6. The van der Waals surface area contributed by atoms with Crippen LogP contribution in [-0.4, -0.2) is 48.2 Å². The van der Waals surface area contributed by atoms with Gasteiger partial charge in [-0.15, -0.1) is 50.9 Å². The quantitative estimate of drug-likeness (QED) is 0.140. The van der Waals surface area contributed by atoms with Crippen molar-refractivity contribution in [1.82, 2.24) is 28.9 Å². The molecule has 1 aliphatic carbocycles. The molecule has 0 unspecified atom stereocenters. The average Bonchev–Trinajstić information content (AvgIpc) is 3.91. The lowest BCUT2D eigenvalue weighted by molar-refractivity contribution is 0.146. The molecule has 3 aliphatic rings. The molecule has 0 radical (unpaired) electrons. The van der Waals surface area contributed by atoms with Gasteiger partial charge in [-0.25, -0.2) is 9.97 Å². The van der Waals surface area contributed by atoms with Crippen LogP contribution in [0.15, 0.2) is 36.2 Å². The van der Waals surface area contributed by atoms with Crippen LogP contribution >= 0.6 is 50.9 Å². The Kier molecular flexibility index (Phi) is 40.2. The molecule has 61 heavy (non-hydrogen) atoms. The summed E-state index contributed by atoms with van der Waals surface area (Å²) in [5.74, 6) is 2.28. The van der Waals surface area contributed by atoms with Gasteiger partial charge in [0.25, 0.3) is 0 Å². The molecule has 2 aromatic heterocycles. The predicted octanol–water partition coefficient (Wildman–Crippen LogP) is 17.6. The summed E-state index contributed by atoms with van der Waals surface area (Å²) >= 11 is 0. The van der Waals surface area contributed by atoms with Crippen molar-refractivity contribution in [3.8, 4) is 0 Å². The Morgan fingerprint density at radius 1 is 0.426 bits per heavy atom. The van der Waals surface area contributed by atoms with Gasteiger partial charge in [0.2, 0.25) is 0 Å². The van der Waals surface area contributed by atoms with Crippen LogP contribution in [0.4, 0.5) is 0 Å². The van der Waals surface area contributed by atoms with Crippen LogP contribution in [0.25, 0.3) is 0 Å². The van der Waals surface area contributed by atoms with E-state index < -0.39 is 0 Å². The standard InChI is InChI=1S/C24H44N2.2C14H26N2.3BrH/c1-22-25-20-16-12-8-4-5-9-13-17-21-26(22)24-19-15-11-7-3-2-6-10-14-18-23(24)25;2*1-3-4-5-6-7-8-9-10-12-16-13-11-15-14(16)2;;;/h22H,2-21H2,1H3;2*11,13H,3-10,12H2,1-2H3;3*1H. The Morgan fingerprint density at radius 2 is 0.721 bits per heavy atom. The van der Waals surface area contributed by atoms with Crippen LogP contribution in [0.3, 0.4) is 0 Å². The highest BCUT2D eigenvalue weighted by atomic mass is 79.9. The first-order chi connectivity index (χ1) is 28.6. The van der Waals surface area contributed by atoms with Gasteiger partial charge in [0.15, 0.2) is 0 Å². The second kappa shape index (κ2) is 40.7. The summed E-state index contributed by atoms with van der Waals surface area (Å²) in [7, 11) is 0. The number of unbranched alkanes of at least 4 members (excludes halogenated alkanes) is 14. The molecular formula is C52H99Br3N6. The van der Waals surface area contributed by atoms with E-state index in [1.165, 1.54) is 231 Å². The van der Waals surface area contributed by atoms with Crippen molar-refractivity contribution in [2.24, 2.45) is 0 Å². The van der Waals surface area contributed by atoms with Gasteiger partial charge in [0.1, 0.15) is 11.6 Å². The summed E-state index contributed by atoms with van der Waals surface area (Å²) in [6.45, 7) is 16.1. The van der Waals surface area contributed by atoms with E-state index in [2.05, 4.69) is 75.9 Å². The predicted molar refractivity (Wildman–Crippen MR) is 283 cm³/mol. The molecule has 2 aromatic rings. The van der Waals surface area contributed by atoms with Crippen molar-refractivity contribution >= 4 is 50.9 Å².